The normalized spacial score (nSPS) is 10.3. The molecule has 0 heterocycles. The molecule has 0 aliphatic heterocycles. The molecule has 0 bridgehead atoms. The van der Waals surface area contributed by atoms with E-state index >= 15 is 0 Å². The van der Waals surface area contributed by atoms with Crippen molar-refractivity contribution in [3.63, 3.8) is 0 Å². The predicted octanol–water partition coefficient (Wildman–Crippen LogP) is 4.01. The van der Waals surface area contributed by atoms with Gasteiger partial charge in [-0.1, -0.05) is 47.0 Å². The van der Waals surface area contributed by atoms with Crippen LogP contribution >= 0.6 is 23.2 Å². The van der Waals surface area contributed by atoms with Gasteiger partial charge in [-0.05, 0) is 31.2 Å². The number of benzene rings is 2. The molecule has 6 heteroatoms. The van der Waals surface area contributed by atoms with Gasteiger partial charge in [0.2, 0.25) is 5.91 Å². The van der Waals surface area contributed by atoms with Gasteiger partial charge in [0.05, 0.1) is 22.2 Å². The molecule has 2 amide bonds. The molecule has 2 aromatic rings. The lowest BCUT2D eigenvalue weighted by Crippen LogP contribution is -2.35. The second-order valence-corrected chi connectivity index (χ2v) is 5.96. The quantitative estimate of drug-likeness (QED) is 0.905. The third kappa shape index (κ3) is 4.47. The molecule has 23 heavy (non-hydrogen) atoms. The fourth-order valence-corrected chi connectivity index (χ4v) is 2.38. The number of carbonyl (C=O) groups is 2. The molecule has 0 aliphatic rings. The Morgan fingerprint density at radius 3 is 2.39 bits per heavy atom. The van der Waals surface area contributed by atoms with Crippen LogP contribution in [0.1, 0.15) is 15.9 Å². The van der Waals surface area contributed by atoms with Gasteiger partial charge in [-0.15, -0.1) is 0 Å². The number of halogens is 2. The standard InChI is InChI=1S/C17H16Cl2N2O2/c1-11-6-8-12(9-7-11)20-15(22)10-21(2)17(23)13-4-3-5-14(18)16(13)19/h3-9H,10H2,1-2H3,(H,20,22). The number of rotatable bonds is 4. The van der Waals surface area contributed by atoms with Crippen LogP contribution in [0, 0.1) is 6.92 Å². The Morgan fingerprint density at radius 2 is 1.74 bits per heavy atom. The van der Waals surface area contributed by atoms with Crippen LogP contribution in [-0.4, -0.2) is 30.3 Å². The van der Waals surface area contributed by atoms with E-state index in [1.807, 2.05) is 31.2 Å². The van der Waals surface area contributed by atoms with Crippen LogP contribution in [0.15, 0.2) is 42.5 Å². The molecule has 0 saturated heterocycles. The summed E-state index contributed by atoms with van der Waals surface area (Å²) in [6.07, 6.45) is 0. The van der Waals surface area contributed by atoms with Gasteiger partial charge in [-0.25, -0.2) is 0 Å². The summed E-state index contributed by atoms with van der Waals surface area (Å²) >= 11 is 11.9. The Bertz CT molecular complexity index is 730. The number of nitrogens with zero attached hydrogens (tertiary/aromatic N) is 1. The first-order chi connectivity index (χ1) is 10.9. The number of likely N-dealkylation sites (N-methyl/N-ethyl adjacent to an activating group) is 1. The number of hydrogen-bond donors (Lipinski definition) is 1. The van der Waals surface area contributed by atoms with Gasteiger partial charge >= 0.3 is 0 Å². The van der Waals surface area contributed by atoms with E-state index in [0.717, 1.165) is 5.56 Å². The molecule has 4 nitrogen and oxygen atoms in total. The van der Waals surface area contributed by atoms with Crippen molar-refractivity contribution in [3.05, 3.63) is 63.6 Å². The Kier molecular flexibility index (Phi) is 5.64. The monoisotopic (exact) mass is 350 g/mol. The maximum absolute atomic E-state index is 12.4. The number of nitrogens with one attached hydrogen (secondary N) is 1. The van der Waals surface area contributed by atoms with Crippen molar-refractivity contribution < 1.29 is 9.59 Å². The fourth-order valence-electron chi connectivity index (χ4n) is 2.00. The van der Waals surface area contributed by atoms with Gasteiger partial charge in [0.1, 0.15) is 0 Å². The zero-order valence-corrected chi connectivity index (χ0v) is 14.3. The summed E-state index contributed by atoms with van der Waals surface area (Å²) in [6.45, 7) is 1.88. The Labute approximate surface area is 145 Å². The van der Waals surface area contributed by atoms with Crippen molar-refractivity contribution >= 4 is 40.7 Å². The fraction of sp³-hybridized carbons (Fsp3) is 0.176. The Hall–Kier alpha value is -2.04. The first-order valence-corrected chi connectivity index (χ1v) is 7.70. The van der Waals surface area contributed by atoms with Crippen molar-refractivity contribution in [2.45, 2.75) is 6.92 Å². The second kappa shape index (κ2) is 7.49. The van der Waals surface area contributed by atoms with Crippen molar-refractivity contribution in [1.29, 1.82) is 0 Å². The summed E-state index contributed by atoms with van der Waals surface area (Å²) in [4.78, 5) is 25.7. The van der Waals surface area contributed by atoms with Gasteiger partial charge < -0.3 is 10.2 Å². The van der Waals surface area contributed by atoms with E-state index in [1.165, 1.54) is 11.9 Å². The van der Waals surface area contributed by atoms with Crippen LogP contribution < -0.4 is 5.32 Å². The lowest BCUT2D eigenvalue weighted by molar-refractivity contribution is -0.116. The zero-order chi connectivity index (χ0) is 17.0. The number of carbonyl (C=O) groups excluding carboxylic acids is 2. The average Bonchev–Trinajstić information content (AvgIpc) is 2.51. The number of aryl methyl sites for hydroxylation is 1. The summed E-state index contributed by atoms with van der Waals surface area (Å²) < 4.78 is 0. The molecular weight excluding hydrogens is 335 g/mol. The lowest BCUT2D eigenvalue weighted by atomic mass is 10.2. The summed E-state index contributed by atoms with van der Waals surface area (Å²) in [5.74, 6) is -0.653. The largest absolute Gasteiger partial charge is 0.332 e. The highest BCUT2D eigenvalue weighted by Gasteiger charge is 2.18. The number of anilines is 1. The van der Waals surface area contributed by atoms with E-state index in [4.69, 9.17) is 23.2 Å². The number of hydrogen-bond acceptors (Lipinski definition) is 2. The highest BCUT2D eigenvalue weighted by Crippen LogP contribution is 2.26. The van der Waals surface area contributed by atoms with Gasteiger partial charge in [0, 0.05) is 12.7 Å². The van der Waals surface area contributed by atoms with Crippen LogP contribution in [-0.2, 0) is 4.79 Å². The van der Waals surface area contributed by atoms with Gasteiger partial charge in [-0.2, -0.15) is 0 Å². The molecule has 0 spiro atoms. The van der Waals surface area contributed by atoms with Crippen LogP contribution in [0.25, 0.3) is 0 Å². The van der Waals surface area contributed by atoms with E-state index in [0.29, 0.717) is 10.7 Å². The molecule has 0 radical (unpaired) electrons. The second-order valence-electron chi connectivity index (χ2n) is 5.18. The van der Waals surface area contributed by atoms with E-state index in [9.17, 15) is 9.59 Å². The first-order valence-electron chi connectivity index (χ1n) is 6.94. The average molecular weight is 351 g/mol. The van der Waals surface area contributed by atoms with E-state index < -0.39 is 0 Å². The summed E-state index contributed by atoms with van der Waals surface area (Å²) in [5.41, 5.74) is 2.05. The maximum Gasteiger partial charge on any atom is 0.255 e. The minimum absolute atomic E-state index is 0.0877. The summed E-state index contributed by atoms with van der Waals surface area (Å²) in [6, 6.07) is 12.2. The van der Waals surface area contributed by atoms with Crippen molar-refractivity contribution in [2.75, 3.05) is 18.9 Å². The molecule has 120 valence electrons. The highest BCUT2D eigenvalue weighted by molar-refractivity contribution is 6.43. The molecular formula is C17H16Cl2N2O2. The van der Waals surface area contributed by atoms with Crippen molar-refractivity contribution in [1.82, 2.24) is 4.90 Å². The summed E-state index contributed by atoms with van der Waals surface area (Å²) in [5, 5.41) is 3.23. The molecule has 0 unspecified atom stereocenters. The third-order valence-electron chi connectivity index (χ3n) is 3.24. The molecule has 0 atom stereocenters. The smallest absolute Gasteiger partial charge is 0.255 e. The molecule has 0 fully saturated rings. The molecule has 2 rings (SSSR count). The molecule has 1 N–H and O–H groups in total. The topological polar surface area (TPSA) is 49.4 Å². The number of amides is 2. The van der Waals surface area contributed by atoms with Crippen LogP contribution in [0.4, 0.5) is 5.69 Å². The summed E-state index contributed by atoms with van der Waals surface area (Å²) in [7, 11) is 1.54. The molecule has 0 aliphatic carbocycles. The van der Waals surface area contributed by atoms with Gasteiger partial charge in [-0.3, -0.25) is 9.59 Å². The van der Waals surface area contributed by atoms with Crippen molar-refractivity contribution in [3.8, 4) is 0 Å². The Morgan fingerprint density at radius 1 is 1.09 bits per heavy atom. The predicted molar refractivity (Wildman–Crippen MR) is 93.2 cm³/mol. The molecule has 0 aromatic heterocycles. The zero-order valence-electron chi connectivity index (χ0n) is 12.8. The third-order valence-corrected chi connectivity index (χ3v) is 4.06. The van der Waals surface area contributed by atoms with Crippen LogP contribution in [0.5, 0.6) is 0 Å². The SMILES string of the molecule is Cc1ccc(NC(=O)CN(C)C(=O)c2cccc(Cl)c2Cl)cc1. The first kappa shape index (κ1) is 17.3. The van der Waals surface area contributed by atoms with Gasteiger partial charge in [0.15, 0.2) is 0 Å². The Balaban J connectivity index is 2.01. The van der Waals surface area contributed by atoms with Crippen LogP contribution in [0.3, 0.4) is 0 Å². The van der Waals surface area contributed by atoms with E-state index in [1.54, 1.807) is 18.2 Å². The molecule has 2 aromatic carbocycles. The van der Waals surface area contributed by atoms with Gasteiger partial charge in [0.25, 0.3) is 5.91 Å². The lowest BCUT2D eigenvalue weighted by Gasteiger charge is -2.18. The minimum atomic E-state index is -0.364. The van der Waals surface area contributed by atoms with Crippen molar-refractivity contribution in [2.24, 2.45) is 0 Å². The highest BCUT2D eigenvalue weighted by atomic mass is 35.5. The van der Waals surface area contributed by atoms with Crippen LogP contribution in [0.2, 0.25) is 10.0 Å². The van der Waals surface area contributed by atoms with E-state index in [-0.39, 0.29) is 28.9 Å². The van der Waals surface area contributed by atoms with E-state index in [2.05, 4.69) is 5.32 Å². The maximum atomic E-state index is 12.4. The minimum Gasteiger partial charge on any atom is -0.332 e. The molecule has 0 saturated carbocycles.